The largest absolute Gasteiger partial charge is 0.383 e. The number of halogens is 2. The van der Waals surface area contributed by atoms with Crippen LogP contribution in [-0.4, -0.2) is 54.0 Å². The van der Waals surface area contributed by atoms with E-state index in [2.05, 4.69) is 15.6 Å². The fourth-order valence-electron chi connectivity index (χ4n) is 1.60. The maximum Gasteiger partial charge on any atom is 0.191 e. The van der Waals surface area contributed by atoms with Crippen LogP contribution in [0.25, 0.3) is 0 Å². The van der Waals surface area contributed by atoms with Crippen molar-refractivity contribution in [3.63, 3.8) is 0 Å². The van der Waals surface area contributed by atoms with Gasteiger partial charge in [0.2, 0.25) is 0 Å². The third-order valence-electron chi connectivity index (χ3n) is 2.66. The molecule has 1 aromatic carbocycles. The smallest absolute Gasteiger partial charge is 0.191 e. The van der Waals surface area contributed by atoms with Gasteiger partial charge < -0.3 is 15.4 Å². The minimum Gasteiger partial charge on any atom is -0.383 e. The van der Waals surface area contributed by atoms with Crippen molar-refractivity contribution in [3.05, 3.63) is 30.1 Å². The molecule has 126 valence electrons. The number of hydrogen-bond donors (Lipinski definition) is 2. The molecule has 0 bridgehead atoms. The van der Waals surface area contributed by atoms with Crippen molar-refractivity contribution in [2.24, 2.45) is 4.99 Å². The summed E-state index contributed by atoms with van der Waals surface area (Å²) >= 11 is 0. The van der Waals surface area contributed by atoms with E-state index in [0.29, 0.717) is 19.1 Å². The van der Waals surface area contributed by atoms with Gasteiger partial charge in [0.15, 0.2) is 15.8 Å². The van der Waals surface area contributed by atoms with Gasteiger partial charge in [0, 0.05) is 27.2 Å². The van der Waals surface area contributed by atoms with Crippen LogP contribution in [-0.2, 0) is 14.6 Å². The normalized spacial score (nSPS) is 11.7. The van der Waals surface area contributed by atoms with Crippen LogP contribution in [0.3, 0.4) is 0 Å². The quantitative estimate of drug-likeness (QED) is 0.284. The third-order valence-corrected chi connectivity index (χ3v) is 4.40. The minimum atomic E-state index is -3.66. The first-order valence-electron chi connectivity index (χ1n) is 6.42. The number of hydrogen-bond acceptors (Lipinski definition) is 4. The van der Waals surface area contributed by atoms with E-state index in [9.17, 15) is 12.8 Å². The number of nitrogens with zero attached hydrogens (tertiary/aromatic N) is 1. The van der Waals surface area contributed by atoms with Gasteiger partial charge in [-0.25, -0.2) is 12.8 Å². The summed E-state index contributed by atoms with van der Waals surface area (Å²) in [5.74, 6) is -0.491. The molecule has 0 amide bonds. The molecule has 1 aromatic rings. The van der Waals surface area contributed by atoms with Crippen LogP contribution in [0.2, 0.25) is 0 Å². The van der Waals surface area contributed by atoms with E-state index >= 15 is 0 Å². The molecule has 0 saturated carbocycles. The summed E-state index contributed by atoms with van der Waals surface area (Å²) in [4.78, 5) is 3.66. The Kier molecular flexibility index (Phi) is 10.3. The van der Waals surface area contributed by atoms with Crippen molar-refractivity contribution in [1.82, 2.24) is 10.6 Å². The Labute approximate surface area is 147 Å². The molecule has 0 radical (unpaired) electrons. The molecule has 1 rings (SSSR count). The second kappa shape index (κ2) is 10.7. The van der Waals surface area contributed by atoms with E-state index in [-0.39, 0.29) is 41.2 Å². The second-order valence-corrected chi connectivity index (χ2v) is 6.25. The van der Waals surface area contributed by atoms with E-state index in [1.54, 1.807) is 14.2 Å². The predicted molar refractivity (Wildman–Crippen MR) is 95.1 cm³/mol. The maximum absolute atomic E-state index is 13.5. The zero-order chi connectivity index (χ0) is 15.7. The topological polar surface area (TPSA) is 79.8 Å². The SMILES string of the molecule is CN=C(NCCOC)NCCS(=O)(=O)c1ccccc1F.I. The minimum absolute atomic E-state index is 0. The molecule has 6 nitrogen and oxygen atoms in total. The van der Waals surface area contributed by atoms with Gasteiger partial charge >= 0.3 is 0 Å². The first-order valence-corrected chi connectivity index (χ1v) is 8.07. The molecule has 0 unspecified atom stereocenters. The summed E-state index contributed by atoms with van der Waals surface area (Å²) in [5, 5.41) is 5.81. The van der Waals surface area contributed by atoms with Crippen LogP contribution in [0.1, 0.15) is 0 Å². The van der Waals surface area contributed by atoms with Gasteiger partial charge in [-0.3, -0.25) is 4.99 Å². The zero-order valence-corrected chi connectivity index (χ0v) is 15.7. The highest BCUT2D eigenvalue weighted by atomic mass is 127. The van der Waals surface area contributed by atoms with E-state index in [1.807, 2.05) is 0 Å². The van der Waals surface area contributed by atoms with Crippen LogP contribution in [0.4, 0.5) is 4.39 Å². The second-order valence-electron chi connectivity index (χ2n) is 4.17. The molecule has 0 saturated heterocycles. The lowest BCUT2D eigenvalue weighted by Crippen LogP contribution is -2.40. The Hall–Kier alpha value is -0.940. The Morgan fingerprint density at radius 1 is 1.27 bits per heavy atom. The monoisotopic (exact) mass is 445 g/mol. The Morgan fingerprint density at radius 2 is 1.91 bits per heavy atom. The van der Waals surface area contributed by atoms with Crippen LogP contribution in [0.15, 0.2) is 34.2 Å². The van der Waals surface area contributed by atoms with Crippen molar-refractivity contribution in [1.29, 1.82) is 0 Å². The van der Waals surface area contributed by atoms with Gasteiger partial charge in [-0.05, 0) is 12.1 Å². The van der Waals surface area contributed by atoms with Crippen LogP contribution >= 0.6 is 24.0 Å². The number of guanidine groups is 1. The Morgan fingerprint density at radius 3 is 2.50 bits per heavy atom. The van der Waals surface area contributed by atoms with Crippen LogP contribution < -0.4 is 10.6 Å². The molecule has 0 spiro atoms. The zero-order valence-electron chi connectivity index (χ0n) is 12.5. The van der Waals surface area contributed by atoms with Crippen molar-refractivity contribution < 1.29 is 17.5 Å². The fourth-order valence-corrected chi connectivity index (χ4v) is 2.84. The average Bonchev–Trinajstić information content (AvgIpc) is 2.46. The predicted octanol–water partition coefficient (Wildman–Crippen LogP) is 1.03. The molecule has 0 aliphatic rings. The molecule has 0 fully saturated rings. The fraction of sp³-hybridized carbons (Fsp3) is 0.462. The first kappa shape index (κ1) is 21.1. The summed E-state index contributed by atoms with van der Waals surface area (Å²) in [6, 6.07) is 5.34. The summed E-state index contributed by atoms with van der Waals surface area (Å²) < 4.78 is 42.4. The maximum atomic E-state index is 13.5. The van der Waals surface area contributed by atoms with Crippen molar-refractivity contribution >= 4 is 39.8 Å². The molecule has 0 aromatic heterocycles. The van der Waals surface area contributed by atoms with Crippen LogP contribution in [0, 0.1) is 5.82 Å². The number of benzene rings is 1. The lowest BCUT2D eigenvalue weighted by Gasteiger charge is -2.11. The summed E-state index contributed by atoms with van der Waals surface area (Å²) in [6.45, 7) is 1.19. The standard InChI is InChI=1S/C13H20FN3O3S.HI/c1-15-13(16-7-9-20-2)17-8-10-21(18,19)12-6-4-3-5-11(12)14;/h3-6H,7-10H2,1-2H3,(H2,15,16,17);1H. The first-order chi connectivity index (χ1) is 10.0. The van der Waals surface area contributed by atoms with Crippen molar-refractivity contribution in [3.8, 4) is 0 Å². The lowest BCUT2D eigenvalue weighted by molar-refractivity contribution is 0.203. The molecule has 9 heteroatoms. The molecule has 0 heterocycles. The number of aliphatic imine (C=N–C) groups is 1. The highest BCUT2D eigenvalue weighted by molar-refractivity contribution is 14.0. The van der Waals surface area contributed by atoms with E-state index in [1.165, 1.54) is 18.2 Å². The van der Waals surface area contributed by atoms with Gasteiger partial charge in [-0.2, -0.15) is 0 Å². The van der Waals surface area contributed by atoms with E-state index in [0.717, 1.165) is 6.07 Å². The number of ether oxygens (including phenoxy) is 1. The van der Waals surface area contributed by atoms with Gasteiger partial charge in [-0.1, -0.05) is 12.1 Å². The van der Waals surface area contributed by atoms with Gasteiger partial charge in [0.05, 0.1) is 12.4 Å². The molecule has 22 heavy (non-hydrogen) atoms. The highest BCUT2D eigenvalue weighted by Crippen LogP contribution is 2.14. The molecule has 0 atom stereocenters. The summed E-state index contributed by atoms with van der Waals surface area (Å²) in [6.07, 6.45) is 0. The number of methoxy groups -OCH3 is 1. The summed E-state index contributed by atoms with van der Waals surface area (Å²) in [5.41, 5.74) is 0. The van der Waals surface area contributed by atoms with Gasteiger partial charge in [0.1, 0.15) is 10.7 Å². The molecular weight excluding hydrogens is 424 g/mol. The number of sulfone groups is 1. The average molecular weight is 445 g/mol. The Balaban J connectivity index is 0.00000441. The van der Waals surface area contributed by atoms with Crippen LogP contribution in [0.5, 0.6) is 0 Å². The van der Waals surface area contributed by atoms with E-state index < -0.39 is 15.7 Å². The molecular formula is C13H21FIN3O3S. The van der Waals surface area contributed by atoms with E-state index in [4.69, 9.17) is 4.74 Å². The molecule has 0 aliphatic carbocycles. The molecule has 0 aliphatic heterocycles. The van der Waals surface area contributed by atoms with Gasteiger partial charge in [0.25, 0.3) is 0 Å². The Bertz CT molecular complexity index is 582. The lowest BCUT2D eigenvalue weighted by atomic mass is 10.3. The molecule has 2 N–H and O–H groups in total. The van der Waals surface area contributed by atoms with Crippen molar-refractivity contribution in [2.45, 2.75) is 4.90 Å². The highest BCUT2D eigenvalue weighted by Gasteiger charge is 2.18. The van der Waals surface area contributed by atoms with Crippen molar-refractivity contribution in [2.75, 3.05) is 39.6 Å². The van der Waals surface area contributed by atoms with Gasteiger partial charge in [-0.15, -0.1) is 24.0 Å². The summed E-state index contributed by atoms with van der Waals surface area (Å²) in [7, 11) is -0.506. The number of rotatable bonds is 7. The third kappa shape index (κ3) is 6.88. The number of nitrogens with one attached hydrogen (secondary N) is 2.